The molecule has 0 amide bonds. The first-order chi connectivity index (χ1) is 9.86. The SMILES string of the molecule is NCc1ccccc1OCc1cc(-c2ccsc2)cs1. The Morgan fingerprint density at radius 3 is 2.75 bits per heavy atom. The number of para-hydroxylation sites is 1. The fraction of sp³-hybridized carbons (Fsp3) is 0.125. The Bertz CT molecular complexity index is 673. The van der Waals surface area contributed by atoms with Crippen LogP contribution in [0.25, 0.3) is 11.1 Å². The summed E-state index contributed by atoms with van der Waals surface area (Å²) >= 11 is 3.45. The third-order valence-electron chi connectivity index (χ3n) is 3.07. The number of ether oxygens (including phenoxy) is 1. The molecule has 0 aliphatic heterocycles. The molecular weight excluding hydrogens is 286 g/mol. The second kappa shape index (κ2) is 6.22. The van der Waals surface area contributed by atoms with Crippen LogP contribution in [0.15, 0.2) is 52.5 Å². The van der Waals surface area contributed by atoms with Crippen LogP contribution >= 0.6 is 22.7 Å². The molecule has 102 valence electrons. The molecule has 3 aromatic rings. The van der Waals surface area contributed by atoms with Gasteiger partial charge in [0.15, 0.2) is 0 Å². The summed E-state index contributed by atoms with van der Waals surface area (Å²) in [6, 6.07) is 12.3. The fourth-order valence-electron chi connectivity index (χ4n) is 2.00. The lowest BCUT2D eigenvalue weighted by molar-refractivity contribution is 0.306. The van der Waals surface area contributed by atoms with Gasteiger partial charge in [0, 0.05) is 17.0 Å². The quantitative estimate of drug-likeness (QED) is 0.752. The summed E-state index contributed by atoms with van der Waals surface area (Å²) in [7, 11) is 0. The van der Waals surface area contributed by atoms with E-state index < -0.39 is 0 Å². The van der Waals surface area contributed by atoms with Gasteiger partial charge in [-0.1, -0.05) is 18.2 Å². The highest BCUT2D eigenvalue weighted by Gasteiger charge is 2.05. The van der Waals surface area contributed by atoms with Crippen molar-refractivity contribution in [2.24, 2.45) is 5.73 Å². The van der Waals surface area contributed by atoms with Crippen LogP contribution in [0.3, 0.4) is 0 Å². The molecule has 4 heteroatoms. The summed E-state index contributed by atoms with van der Waals surface area (Å²) in [4.78, 5) is 1.22. The molecule has 0 aliphatic carbocycles. The van der Waals surface area contributed by atoms with E-state index in [4.69, 9.17) is 10.5 Å². The number of benzene rings is 1. The minimum absolute atomic E-state index is 0.501. The zero-order valence-electron chi connectivity index (χ0n) is 10.9. The van der Waals surface area contributed by atoms with E-state index in [1.165, 1.54) is 16.0 Å². The monoisotopic (exact) mass is 301 g/mol. The predicted octanol–water partition coefficient (Wildman–Crippen LogP) is 4.51. The molecule has 2 nitrogen and oxygen atoms in total. The lowest BCUT2D eigenvalue weighted by atomic mass is 10.2. The average Bonchev–Trinajstić information content (AvgIpc) is 3.16. The van der Waals surface area contributed by atoms with E-state index in [0.29, 0.717) is 13.2 Å². The normalized spacial score (nSPS) is 10.7. The van der Waals surface area contributed by atoms with Crippen LogP contribution < -0.4 is 10.5 Å². The molecule has 1 aromatic carbocycles. The lowest BCUT2D eigenvalue weighted by Gasteiger charge is -2.08. The van der Waals surface area contributed by atoms with Crippen molar-refractivity contribution in [3.8, 4) is 16.9 Å². The topological polar surface area (TPSA) is 35.2 Å². The van der Waals surface area contributed by atoms with E-state index in [1.807, 2.05) is 24.3 Å². The first-order valence-corrected chi connectivity index (χ1v) is 8.20. The Labute approximate surface area is 126 Å². The number of hydrogen-bond acceptors (Lipinski definition) is 4. The lowest BCUT2D eigenvalue weighted by Crippen LogP contribution is -2.01. The molecule has 2 N–H and O–H groups in total. The maximum absolute atomic E-state index is 5.88. The van der Waals surface area contributed by atoms with Crippen molar-refractivity contribution in [3.63, 3.8) is 0 Å². The Balaban J connectivity index is 1.70. The van der Waals surface area contributed by atoms with Crippen molar-refractivity contribution in [3.05, 3.63) is 63.0 Å². The van der Waals surface area contributed by atoms with E-state index in [-0.39, 0.29) is 0 Å². The molecule has 20 heavy (non-hydrogen) atoms. The van der Waals surface area contributed by atoms with Crippen molar-refractivity contribution in [1.82, 2.24) is 0 Å². The van der Waals surface area contributed by atoms with Gasteiger partial charge in [0.05, 0.1) is 0 Å². The van der Waals surface area contributed by atoms with E-state index in [9.17, 15) is 0 Å². The third-order valence-corrected chi connectivity index (χ3v) is 4.66. The summed E-state index contributed by atoms with van der Waals surface area (Å²) in [6.07, 6.45) is 0. The summed E-state index contributed by atoms with van der Waals surface area (Å²) in [6.45, 7) is 1.09. The van der Waals surface area contributed by atoms with Gasteiger partial charge in [-0.15, -0.1) is 11.3 Å². The van der Waals surface area contributed by atoms with Gasteiger partial charge in [-0.3, -0.25) is 0 Å². The maximum atomic E-state index is 5.88. The van der Waals surface area contributed by atoms with Crippen molar-refractivity contribution in [1.29, 1.82) is 0 Å². The average molecular weight is 301 g/mol. The van der Waals surface area contributed by atoms with Crippen molar-refractivity contribution in [2.45, 2.75) is 13.2 Å². The highest BCUT2D eigenvalue weighted by atomic mass is 32.1. The van der Waals surface area contributed by atoms with Crippen molar-refractivity contribution in [2.75, 3.05) is 0 Å². The Morgan fingerprint density at radius 1 is 1.05 bits per heavy atom. The van der Waals surface area contributed by atoms with Crippen LogP contribution in [0.5, 0.6) is 5.75 Å². The predicted molar refractivity (Wildman–Crippen MR) is 86.3 cm³/mol. The highest BCUT2D eigenvalue weighted by molar-refractivity contribution is 7.10. The van der Waals surface area contributed by atoms with Crippen LogP contribution in [0.2, 0.25) is 0 Å². The van der Waals surface area contributed by atoms with Gasteiger partial charge in [-0.05, 0) is 45.5 Å². The number of hydrogen-bond donors (Lipinski definition) is 1. The third kappa shape index (κ3) is 2.93. The number of nitrogens with two attached hydrogens (primary N) is 1. The second-order valence-corrected chi connectivity index (χ2v) is 6.19. The van der Waals surface area contributed by atoms with Crippen molar-refractivity contribution >= 4 is 22.7 Å². The molecule has 0 fully saturated rings. The van der Waals surface area contributed by atoms with Gasteiger partial charge in [-0.25, -0.2) is 0 Å². The molecule has 2 aromatic heterocycles. The van der Waals surface area contributed by atoms with Gasteiger partial charge in [0.1, 0.15) is 12.4 Å². The fourth-order valence-corrected chi connectivity index (χ4v) is 3.47. The van der Waals surface area contributed by atoms with Crippen LogP contribution in [0.1, 0.15) is 10.4 Å². The van der Waals surface area contributed by atoms with Gasteiger partial charge in [0.25, 0.3) is 0 Å². The van der Waals surface area contributed by atoms with E-state index in [1.54, 1.807) is 22.7 Å². The van der Waals surface area contributed by atoms with Gasteiger partial charge in [-0.2, -0.15) is 11.3 Å². The number of thiophene rings is 2. The zero-order chi connectivity index (χ0) is 13.8. The Hall–Kier alpha value is -1.62. The zero-order valence-corrected chi connectivity index (χ0v) is 12.5. The highest BCUT2D eigenvalue weighted by Crippen LogP contribution is 2.28. The standard InChI is InChI=1S/C16H15NOS2/c17-8-12-3-1-2-4-16(12)18-9-15-7-14(11-20-15)13-5-6-19-10-13/h1-7,10-11H,8-9,17H2. The minimum atomic E-state index is 0.501. The molecule has 0 unspecified atom stereocenters. The summed E-state index contributed by atoms with van der Waals surface area (Å²) < 4.78 is 5.88. The summed E-state index contributed by atoms with van der Waals surface area (Å²) in [5, 5.41) is 6.44. The molecule has 2 heterocycles. The molecule has 0 saturated carbocycles. The van der Waals surface area contributed by atoms with E-state index in [0.717, 1.165) is 11.3 Å². The molecular formula is C16H15NOS2. The minimum Gasteiger partial charge on any atom is -0.488 e. The molecule has 0 bridgehead atoms. The van der Waals surface area contributed by atoms with Gasteiger partial charge in [0.2, 0.25) is 0 Å². The maximum Gasteiger partial charge on any atom is 0.124 e. The van der Waals surface area contributed by atoms with E-state index in [2.05, 4.69) is 28.3 Å². The summed E-state index contributed by atoms with van der Waals surface area (Å²) in [5.74, 6) is 0.875. The van der Waals surface area contributed by atoms with Crippen LogP contribution in [0.4, 0.5) is 0 Å². The first kappa shape index (κ1) is 13.4. The second-order valence-electron chi connectivity index (χ2n) is 4.41. The van der Waals surface area contributed by atoms with E-state index >= 15 is 0 Å². The Kier molecular flexibility index (Phi) is 4.16. The van der Waals surface area contributed by atoms with Gasteiger partial charge < -0.3 is 10.5 Å². The van der Waals surface area contributed by atoms with Crippen molar-refractivity contribution < 1.29 is 4.74 Å². The molecule has 0 aliphatic rings. The Morgan fingerprint density at radius 2 is 1.95 bits per heavy atom. The van der Waals surface area contributed by atoms with Crippen LogP contribution in [0, 0.1) is 0 Å². The number of rotatable bonds is 5. The molecule has 0 saturated heterocycles. The largest absolute Gasteiger partial charge is 0.488 e. The molecule has 3 rings (SSSR count). The smallest absolute Gasteiger partial charge is 0.124 e. The van der Waals surface area contributed by atoms with Crippen LogP contribution in [-0.4, -0.2) is 0 Å². The van der Waals surface area contributed by atoms with Gasteiger partial charge >= 0.3 is 0 Å². The first-order valence-electron chi connectivity index (χ1n) is 6.37. The van der Waals surface area contributed by atoms with Crippen LogP contribution in [-0.2, 0) is 13.2 Å². The molecule has 0 spiro atoms. The molecule has 0 radical (unpaired) electrons. The summed E-state index contributed by atoms with van der Waals surface area (Å²) in [5.41, 5.74) is 9.30. The molecule has 0 atom stereocenters.